The van der Waals surface area contributed by atoms with Crippen molar-refractivity contribution in [2.75, 3.05) is 6.54 Å². The third-order valence-electron chi connectivity index (χ3n) is 3.73. The molecule has 0 aromatic rings. The molecule has 1 saturated heterocycles. The molecule has 0 aliphatic carbocycles. The quantitative estimate of drug-likeness (QED) is 0.796. The van der Waals surface area contributed by atoms with Gasteiger partial charge in [0.2, 0.25) is 5.91 Å². The van der Waals surface area contributed by atoms with Crippen molar-refractivity contribution < 1.29 is 4.79 Å². The Morgan fingerprint density at radius 2 is 1.69 bits per heavy atom. The molecule has 1 rings (SSSR count). The van der Waals surface area contributed by atoms with E-state index in [1.54, 1.807) is 0 Å². The van der Waals surface area contributed by atoms with Crippen molar-refractivity contribution in [1.29, 1.82) is 0 Å². The monoisotopic (exact) mass is 226 g/mol. The average Bonchev–Trinajstić information content (AvgIpc) is 2.38. The van der Waals surface area contributed by atoms with Gasteiger partial charge in [-0.2, -0.15) is 0 Å². The van der Waals surface area contributed by atoms with Crippen LogP contribution in [-0.4, -0.2) is 29.6 Å². The minimum Gasteiger partial charge on any atom is -0.326 e. The Balaban J connectivity index is 2.68. The summed E-state index contributed by atoms with van der Waals surface area (Å²) in [6, 6.07) is -0.0185. The summed E-state index contributed by atoms with van der Waals surface area (Å²) in [7, 11) is 0. The molecule has 1 N–H and O–H groups in total. The van der Waals surface area contributed by atoms with E-state index in [0.717, 1.165) is 6.54 Å². The number of rotatable bonds is 4. The summed E-state index contributed by atoms with van der Waals surface area (Å²) in [5.41, 5.74) is 0. The molecule has 2 atom stereocenters. The van der Waals surface area contributed by atoms with Gasteiger partial charge in [-0.25, -0.2) is 0 Å². The minimum atomic E-state index is -0.0185. The molecule has 1 amide bonds. The van der Waals surface area contributed by atoms with Crippen LogP contribution in [0.2, 0.25) is 0 Å². The van der Waals surface area contributed by atoms with Crippen LogP contribution in [-0.2, 0) is 4.79 Å². The molecule has 1 fully saturated rings. The molecular weight excluding hydrogens is 200 g/mol. The van der Waals surface area contributed by atoms with E-state index in [9.17, 15) is 4.79 Å². The minimum absolute atomic E-state index is 0.0185. The van der Waals surface area contributed by atoms with Crippen molar-refractivity contribution in [3.8, 4) is 0 Å². The zero-order chi connectivity index (χ0) is 12.5. The SMILES string of the molecule is CC1NC(C)N(CC(C(C)C)C(C)C)C1=O. The van der Waals surface area contributed by atoms with Crippen LogP contribution in [0, 0.1) is 17.8 Å². The van der Waals surface area contributed by atoms with E-state index in [1.165, 1.54) is 0 Å². The van der Waals surface area contributed by atoms with E-state index >= 15 is 0 Å². The van der Waals surface area contributed by atoms with E-state index in [1.807, 2.05) is 11.8 Å². The number of nitrogens with one attached hydrogen (secondary N) is 1. The van der Waals surface area contributed by atoms with E-state index in [4.69, 9.17) is 0 Å². The molecule has 16 heavy (non-hydrogen) atoms. The van der Waals surface area contributed by atoms with Crippen LogP contribution in [0.4, 0.5) is 0 Å². The van der Waals surface area contributed by atoms with Crippen LogP contribution >= 0.6 is 0 Å². The Morgan fingerprint density at radius 1 is 1.19 bits per heavy atom. The summed E-state index contributed by atoms with van der Waals surface area (Å²) in [6.45, 7) is 13.9. The first-order valence-corrected chi connectivity index (χ1v) is 6.41. The van der Waals surface area contributed by atoms with E-state index in [2.05, 4.69) is 39.9 Å². The highest BCUT2D eigenvalue weighted by Crippen LogP contribution is 2.24. The van der Waals surface area contributed by atoms with Crippen LogP contribution in [0.15, 0.2) is 0 Å². The van der Waals surface area contributed by atoms with Crippen molar-refractivity contribution in [3.05, 3.63) is 0 Å². The molecule has 0 radical (unpaired) electrons. The summed E-state index contributed by atoms with van der Waals surface area (Å²) in [5, 5.41) is 3.28. The lowest BCUT2D eigenvalue weighted by atomic mass is 9.85. The molecule has 2 unspecified atom stereocenters. The van der Waals surface area contributed by atoms with E-state index in [-0.39, 0.29) is 18.1 Å². The topological polar surface area (TPSA) is 32.3 Å². The third kappa shape index (κ3) is 2.76. The Morgan fingerprint density at radius 3 is 2.00 bits per heavy atom. The fraction of sp³-hybridized carbons (Fsp3) is 0.923. The van der Waals surface area contributed by atoms with Gasteiger partial charge in [0.25, 0.3) is 0 Å². The molecular formula is C13H26N2O. The number of carbonyl (C=O) groups is 1. The van der Waals surface area contributed by atoms with Gasteiger partial charge in [0.05, 0.1) is 12.2 Å². The van der Waals surface area contributed by atoms with Crippen molar-refractivity contribution >= 4 is 5.91 Å². The normalized spacial score (nSPS) is 26.6. The maximum atomic E-state index is 12.0. The first-order chi connectivity index (χ1) is 7.34. The fourth-order valence-corrected chi connectivity index (χ4v) is 2.63. The maximum absolute atomic E-state index is 12.0. The predicted molar refractivity (Wildman–Crippen MR) is 66.9 cm³/mol. The zero-order valence-electron chi connectivity index (χ0n) is 11.4. The Labute approximate surface area is 99.6 Å². The average molecular weight is 226 g/mol. The van der Waals surface area contributed by atoms with Crippen LogP contribution in [0.25, 0.3) is 0 Å². The Hall–Kier alpha value is -0.570. The van der Waals surface area contributed by atoms with E-state index in [0.29, 0.717) is 17.8 Å². The number of nitrogens with zero attached hydrogens (tertiary/aromatic N) is 1. The second kappa shape index (κ2) is 5.17. The Bertz CT molecular complexity index is 242. The number of amides is 1. The molecule has 1 aliphatic heterocycles. The second-order valence-corrected chi connectivity index (χ2v) is 5.71. The predicted octanol–water partition coefficient (Wildman–Crippen LogP) is 2.08. The summed E-state index contributed by atoms with van der Waals surface area (Å²) in [6.07, 6.45) is 0.183. The largest absolute Gasteiger partial charge is 0.326 e. The first kappa shape index (κ1) is 13.5. The van der Waals surface area contributed by atoms with Gasteiger partial charge in [-0.3, -0.25) is 10.1 Å². The van der Waals surface area contributed by atoms with Gasteiger partial charge in [-0.1, -0.05) is 27.7 Å². The third-order valence-corrected chi connectivity index (χ3v) is 3.73. The highest BCUT2D eigenvalue weighted by atomic mass is 16.2. The first-order valence-electron chi connectivity index (χ1n) is 6.41. The fourth-order valence-electron chi connectivity index (χ4n) is 2.63. The van der Waals surface area contributed by atoms with Gasteiger partial charge >= 0.3 is 0 Å². The van der Waals surface area contributed by atoms with Crippen molar-refractivity contribution in [3.63, 3.8) is 0 Å². The summed E-state index contributed by atoms with van der Waals surface area (Å²) in [5.74, 6) is 2.07. The molecule has 94 valence electrons. The molecule has 0 saturated carbocycles. The van der Waals surface area contributed by atoms with Crippen molar-refractivity contribution in [2.24, 2.45) is 17.8 Å². The number of carbonyl (C=O) groups excluding carboxylic acids is 1. The van der Waals surface area contributed by atoms with Gasteiger partial charge in [-0.05, 0) is 31.6 Å². The lowest BCUT2D eigenvalue weighted by Crippen LogP contribution is -2.41. The van der Waals surface area contributed by atoms with Crippen LogP contribution in [0.1, 0.15) is 41.5 Å². The molecule has 0 aromatic heterocycles. The second-order valence-electron chi connectivity index (χ2n) is 5.71. The zero-order valence-corrected chi connectivity index (χ0v) is 11.4. The lowest BCUT2D eigenvalue weighted by Gasteiger charge is -2.31. The smallest absolute Gasteiger partial charge is 0.240 e. The lowest BCUT2D eigenvalue weighted by molar-refractivity contribution is -0.130. The molecule has 1 heterocycles. The molecule has 3 nitrogen and oxygen atoms in total. The van der Waals surface area contributed by atoms with Crippen LogP contribution in [0.5, 0.6) is 0 Å². The summed E-state index contributed by atoms with van der Waals surface area (Å²) >= 11 is 0. The summed E-state index contributed by atoms with van der Waals surface area (Å²) < 4.78 is 0. The van der Waals surface area contributed by atoms with Crippen molar-refractivity contribution in [2.45, 2.75) is 53.8 Å². The van der Waals surface area contributed by atoms with Gasteiger partial charge in [-0.15, -0.1) is 0 Å². The molecule has 0 bridgehead atoms. The highest BCUT2D eigenvalue weighted by molar-refractivity contribution is 5.83. The molecule has 0 aromatic carbocycles. The molecule has 3 heteroatoms. The van der Waals surface area contributed by atoms with Crippen LogP contribution < -0.4 is 5.32 Å². The van der Waals surface area contributed by atoms with Gasteiger partial charge in [0.1, 0.15) is 0 Å². The van der Waals surface area contributed by atoms with Gasteiger partial charge in [0.15, 0.2) is 0 Å². The molecule has 0 spiro atoms. The molecule has 1 aliphatic rings. The van der Waals surface area contributed by atoms with E-state index < -0.39 is 0 Å². The highest BCUT2D eigenvalue weighted by Gasteiger charge is 2.35. The standard InChI is InChI=1S/C13H26N2O/c1-8(2)12(9(3)4)7-15-11(6)14-10(5)13(15)16/h8-12,14H,7H2,1-6H3. The van der Waals surface area contributed by atoms with Crippen LogP contribution in [0.3, 0.4) is 0 Å². The van der Waals surface area contributed by atoms with Gasteiger partial charge < -0.3 is 4.90 Å². The maximum Gasteiger partial charge on any atom is 0.240 e. The number of hydrogen-bond acceptors (Lipinski definition) is 2. The number of hydrogen-bond donors (Lipinski definition) is 1. The Kier molecular flexibility index (Phi) is 4.36. The summed E-state index contributed by atoms with van der Waals surface area (Å²) in [4.78, 5) is 14.0. The van der Waals surface area contributed by atoms with Crippen molar-refractivity contribution in [1.82, 2.24) is 10.2 Å². The van der Waals surface area contributed by atoms with Gasteiger partial charge in [0, 0.05) is 6.54 Å².